The molecule has 1 atom stereocenters. The molecule has 0 aromatic rings. The molecule has 0 aromatic carbocycles. The minimum Gasteiger partial charge on any atom is -0.383 e. The van der Waals surface area contributed by atoms with Gasteiger partial charge in [0, 0.05) is 31.8 Å². The van der Waals surface area contributed by atoms with E-state index in [1.165, 1.54) is 12.8 Å². The predicted molar refractivity (Wildman–Crippen MR) is 68.5 cm³/mol. The van der Waals surface area contributed by atoms with E-state index in [4.69, 9.17) is 10.5 Å². The SMILES string of the molecule is COCCN(C(C)C)C(C)(CN)C1(C)CC1. The summed E-state index contributed by atoms with van der Waals surface area (Å²) in [7, 11) is 1.76. The van der Waals surface area contributed by atoms with Gasteiger partial charge in [0.2, 0.25) is 0 Å². The highest BCUT2D eigenvalue weighted by Gasteiger charge is 2.55. The molecule has 2 N–H and O–H groups in total. The number of hydrogen-bond donors (Lipinski definition) is 1. The average molecular weight is 228 g/mol. The van der Waals surface area contributed by atoms with Gasteiger partial charge < -0.3 is 10.5 Å². The van der Waals surface area contributed by atoms with Crippen LogP contribution in [0.15, 0.2) is 0 Å². The van der Waals surface area contributed by atoms with Gasteiger partial charge in [0.25, 0.3) is 0 Å². The van der Waals surface area contributed by atoms with Crippen LogP contribution < -0.4 is 5.73 Å². The van der Waals surface area contributed by atoms with Crippen LogP contribution >= 0.6 is 0 Å². The Labute approximate surface area is 100 Å². The van der Waals surface area contributed by atoms with E-state index in [2.05, 4.69) is 32.6 Å². The van der Waals surface area contributed by atoms with Gasteiger partial charge in [-0.3, -0.25) is 4.90 Å². The van der Waals surface area contributed by atoms with E-state index < -0.39 is 0 Å². The zero-order valence-electron chi connectivity index (χ0n) is 11.5. The highest BCUT2D eigenvalue weighted by molar-refractivity contribution is 5.10. The Hall–Kier alpha value is -0.120. The number of nitrogens with two attached hydrogens (primary N) is 1. The van der Waals surface area contributed by atoms with Gasteiger partial charge in [-0.2, -0.15) is 0 Å². The normalized spacial score (nSPS) is 22.5. The Bertz CT molecular complexity index is 226. The van der Waals surface area contributed by atoms with E-state index >= 15 is 0 Å². The fourth-order valence-electron chi connectivity index (χ4n) is 2.70. The number of hydrogen-bond acceptors (Lipinski definition) is 3. The van der Waals surface area contributed by atoms with Crippen LogP contribution in [0.1, 0.15) is 40.5 Å². The highest BCUT2D eigenvalue weighted by Crippen LogP contribution is 2.55. The Kier molecular flexibility index (Phi) is 4.38. The molecule has 16 heavy (non-hydrogen) atoms. The third-order valence-corrected chi connectivity index (χ3v) is 4.49. The fourth-order valence-corrected chi connectivity index (χ4v) is 2.70. The minimum atomic E-state index is 0.111. The first-order valence-electron chi connectivity index (χ1n) is 6.37. The molecule has 1 rings (SSSR count). The molecule has 3 heteroatoms. The van der Waals surface area contributed by atoms with Gasteiger partial charge in [-0.1, -0.05) is 6.92 Å². The molecule has 1 unspecified atom stereocenters. The van der Waals surface area contributed by atoms with Crippen LogP contribution in [0.5, 0.6) is 0 Å². The zero-order valence-corrected chi connectivity index (χ0v) is 11.5. The molecule has 1 aliphatic rings. The quantitative estimate of drug-likeness (QED) is 0.723. The molecular formula is C13H28N2O. The van der Waals surface area contributed by atoms with Crippen molar-refractivity contribution >= 4 is 0 Å². The lowest BCUT2D eigenvalue weighted by molar-refractivity contribution is 0.00241. The van der Waals surface area contributed by atoms with Crippen LogP contribution in [-0.4, -0.2) is 43.3 Å². The molecule has 0 radical (unpaired) electrons. The molecule has 1 aliphatic carbocycles. The molecule has 1 fully saturated rings. The summed E-state index contributed by atoms with van der Waals surface area (Å²) < 4.78 is 5.21. The van der Waals surface area contributed by atoms with Crippen molar-refractivity contribution in [2.75, 3.05) is 26.8 Å². The molecule has 0 aromatic heterocycles. The Morgan fingerprint density at radius 2 is 2.00 bits per heavy atom. The largest absolute Gasteiger partial charge is 0.383 e. The van der Waals surface area contributed by atoms with Crippen LogP contribution in [0, 0.1) is 5.41 Å². The second kappa shape index (κ2) is 5.03. The van der Waals surface area contributed by atoms with Crippen LogP contribution in [0.2, 0.25) is 0 Å². The van der Waals surface area contributed by atoms with Crippen molar-refractivity contribution in [2.24, 2.45) is 11.1 Å². The molecule has 1 saturated carbocycles. The summed E-state index contributed by atoms with van der Waals surface area (Å²) >= 11 is 0. The third kappa shape index (κ3) is 2.41. The van der Waals surface area contributed by atoms with Gasteiger partial charge in [-0.25, -0.2) is 0 Å². The van der Waals surface area contributed by atoms with E-state index in [1.54, 1.807) is 7.11 Å². The monoisotopic (exact) mass is 228 g/mol. The number of nitrogens with zero attached hydrogens (tertiary/aromatic N) is 1. The lowest BCUT2D eigenvalue weighted by Gasteiger charge is -2.48. The maximum Gasteiger partial charge on any atom is 0.0590 e. The average Bonchev–Trinajstić information content (AvgIpc) is 2.97. The minimum absolute atomic E-state index is 0.111. The van der Waals surface area contributed by atoms with Crippen molar-refractivity contribution in [3.05, 3.63) is 0 Å². The Morgan fingerprint density at radius 3 is 2.31 bits per heavy atom. The summed E-state index contributed by atoms with van der Waals surface area (Å²) in [6, 6.07) is 0.515. The van der Waals surface area contributed by atoms with Gasteiger partial charge in [0.05, 0.1) is 6.61 Å². The van der Waals surface area contributed by atoms with E-state index in [0.29, 0.717) is 11.5 Å². The third-order valence-electron chi connectivity index (χ3n) is 4.49. The van der Waals surface area contributed by atoms with Gasteiger partial charge >= 0.3 is 0 Å². The maximum atomic E-state index is 6.06. The van der Waals surface area contributed by atoms with Gasteiger partial charge in [0.1, 0.15) is 0 Å². The van der Waals surface area contributed by atoms with Crippen LogP contribution in [-0.2, 0) is 4.74 Å². The summed E-state index contributed by atoms with van der Waals surface area (Å²) in [4.78, 5) is 2.52. The number of methoxy groups -OCH3 is 1. The van der Waals surface area contributed by atoms with Crippen molar-refractivity contribution < 1.29 is 4.74 Å². The predicted octanol–water partition coefficient (Wildman–Crippen LogP) is 1.86. The van der Waals surface area contributed by atoms with Crippen molar-refractivity contribution in [1.29, 1.82) is 0 Å². The van der Waals surface area contributed by atoms with Gasteiger partial charge in [0.15, 0.2) is 0 Å². The molecule has 0 saturated heterocycles. The van der Waals surface area contributed by atoms with E-state index in [9.17, 15) is 0 Å². The molecule has 0 bridgehead atoms. The maximum absolute atomic E-state index is 6.06. The summed E-state index contributed by atoms with van der Waals surface area (Å²) in [5.74, 6) is 0. The Balaban J connectivity index is 2.80. The fraction of sp³-hybridized carbons (Fsp3) is 1.00. The summed E-state index contributed by atoms with van der Waals surface area (Å²) in [6.45, 7) is 11.6. The summed E-state index contributed by atoms with van der Waals surface area (Å²) in [5, 5.41) is 0. The van der Waals surface area contributed by atoms with Crippen LogP contribution in [0.3, 0.4) is 0 Å². The molecule has 0 amide bonds. The summed E-state index contributed by atoms with van der Waals surface area (Å²) in [5.41, 5.74) is 6.57. The lowest BCUT2D eigenvalue weighted by atomic mass is 9.81. The lowest BCUT2D eigenvalue weighted by Crippen LogP contribution is -2.60. The number of rotatable bonds is 7. The standard InChI is InChI=1S/C13H28N2O/c1-11(2)15(8-9-16-5)13(4,10-14)12(3)6-7-12/h11H,6-10,14H2,1-5H3. The van der Waals surface area contributed by atoms with Crippen molar-refractivity contribution in [3.63, 3.8) is 0 Å². The van der Waals surface area contributed by atoms with Crippen molar-refractivity contribution in [2.45, 2.75) is 52.1 Å². The zero-order chi connectivity index (χ0) is 12.4. The first-order valence-corrected chi connectivity index (χ1v) is 6.37. The molecule has 0 spiro atoms. The molecule has 3 nitrogen and oxygen atoms in total. The van der Waals surface area contributed by atoms with Crippen molar-refractivity contribution in [3.8, 4) is 0 Å². The molecule has 96 valence electrons. The first kappa shape index (κ1) is 13.9. The number of ether oxygens (including phenoxy) is 1. The molecule has 0 heterocycles. The van der Waals surface area contributed by atoms with Gasteiger partial charge in [-0.05, 0) is 39.0 Å². The Morgan fingerprint density at radius 1 is 1.44 bits per heavy atom. The topological polar surface area (TPSA) is 38.5 Å². The second-order valence-electron chi connectivity index (χ2n) is 5.82. The van der Waals surface area contributed by atoms with E-state index in [-0.39, 0.29) is 5.54 Å². The van der Waals surface area contributed by atoms with Crippen molar-refractivity contribution in [1.82, 2.24) is 4.90 Å². The molecular weight excluding hydrogens is 200 g/mol. The smallest absolute Gasteiger partial charge is 0.0590 e. The van der Waals surface area contributed by atoms with Crippen LogP contribution in [0.25, 0.3) is 0 Å². The molecule has 0 aliphatic heterocycles. The summed E-state index contributed by atoms with van der Waals surface area (Å²) in [6.07, 6.45) is 2.60. The first-order chi connectivity index (χ1) is 7.41. The van der Waals surface area contributed by atoms with E-state index in [1.807, 2.05) is 0 Å². The van der Waals surface area contributed by atoms with Crippen LogP contribution in [0.4, 0.5) is 0 Å². The second-order valence-corrected chi connectivity index (χ2v) is 5.82. The van der Waals surface area contributed by atoms with Gasteiger partial charge in [-0.15, -0.1) is 0 Å². The van der Waals surface area contributed by atoms with E-state index in [0.717, 1.165) is 19.7 Å². The highest BCUT2D eigenvalue weighted by atomic mass is 16.5.